The predicted octanol–water partition coefficient (Wildman–Crippen LogP) is 2.47. The summed E-state index contributed by atoms with van der Waals surface area (Å²) >= 11 is 0. The second-order valence-electron chi connectivity index (χ2n) is 4.04. The van der Waals surface area contributed by atoms with E-state index in [1.807, 2.05) is 18.2 Å². The normalized spacial score (nSPS) is 9.95. The van der Waals surface area contributed by atoms with Crippen molar-refractivity contribution < 1.29 is 0 Å². The number of nitriles is 1. The Morgan fingerprint density at radius 3 is 2.45 bits per heavy atom. The van der Waals surface area contributed by atoms with Gasteiger partial charge in [0.15, 0.2) is 0 Å². The lowest BCUT2D eigenvalue weighted by molar-refractivity contribution is 1.14. The maximum atomic E-state index is 9.15. The molecule has 1 aromatic carbocycles. The largest absolute Gasteiger partial charge is 0.261 e. The second kappa shape index (κ2) is 5.24. The molecule has 0 atom stereocenters. The first kappa shape index (κ1) is 11.9. The van der Waals surface area contributed by atoms with E-state index in [2.05, 4.69) is 26.0 Å². The highest BCUT2D eigenvalue weighted by molar-refractivity contribution is 5.68. The first-order valence-electron chi connectivity index (χ1n) is 5.96. The minimum atomic E-state index is 0.568. The van der Waals surface area contributed by atoms with Gasteiger partial charge in [0.2, 0.25) is 0 Å². The summed E-state index contributed by atoms with van der Waals surface area (Å²) in [6, 6.07) is 9.45. The lowest BCUT2D eigenvalue weighted by Gasteiger charge is -2.04. The average molecular weight is 259 g/mol. The molecule has 5 heteroatoms. The molecule has 3 rings (SSSR count). The summed E-state index contributed by atoms with van der Waals surface area (Å²) in [6.45, 7) is 0. The molecule has 0 unspecified atom stereocenters. The molecule has 0 fully saturated rings. The van der Waals surface area contributed by atoms with E-state index >= 15 is 0 Å². The Bertz CT molecular complexity index is 778. The SMILES string of the molecule is N#Cc1ccccc1-c1cncc(-c2cnccn2)n1. The van der Waals surface area contributed by atoms with Gasteiger partial charge in [-0.05, 0) is 6.07 Å². The van der Waals surface area contributed by atoms with Gasteiger partial charge in [0.25, 0.3) is 0 Å². The highest BCUT2D eigenvalue weighted by Crippen LogP contribution is 2.22. The minimum absolute atomic E-state index is 0.568. The second-order valence-corrected chi connectivity index (χ2v) is 4.04. The minimum Gasteiger partial charge on any atom is -0.261 e. The Morgan fingerprint density at radius 2 is 1.65 bits per heavy atom. The molecule has 0 aliphatic heterocycles. The van der Waals surface area contributed by atoms with Gasteiger partial charge in [-0.3, -0.25) is 15.0 Å². The van der Waals surface area contributed by atoms with E-state index in [4.69, 9.17) is 5.26 Å². The third kappa shape index (κ3) is 2.22. The average Bonchev–Trinajstić information content (AvgIpc) is 2.56. The number of hydrogen-bond donors (Lipinski definition) is 0. The molecular weight excluding hydrogens is 250 g/mol. The van der Waals surface area contributed by atoms with E-state index in [0.29, 0.717) is 22.6 Å². The topological polar surface area (TPSA) is 75.3 Å². The van der Waals surface area contributed by atoms with Gasteiger partial charge in [-0.15, -0.1) is 0 Å². The number of aromatic nitrogens is 4. The van der Waals surface area contributed by atoms with Crippen molar-refractivity contribution in [2.75, 3.05) is 0 Å². The first-order valence-corrected chi connectivity index (χ1v) is 5.96. The lowest BCUT2D eigenvalue weighted by Crippen LogP contribution is -1.94. The highest BCUT2D eigenvalue weighted by atomic mass is 14.9. The third-order valence-corrected chi connectivity index (χ3v) is 2.78. The molecule has 3 aromatic rings. The van der Waals surface area contributed by atoms with E-state index in [1.54, 1.807) is 37.1 Å². The molecule has 94 valence electrons. The zero-order chi connectivity index (χ0) is 13.8. The molecule has 5 nitrogen and oxygen atoms in total. The van der Waals surface area contributed by atoms with E-state index in [9.17, 15) is 0 Å². The van der Waals surface area contributed by atoms with Gasteiger partial charge in [0, 0.05) is 18.0 Å². The van der Waals surface area contributed by atoms with Crippen LogP contribution < -0.4 is 0 Å². The Labute approximate surface area is 115 Å². The van der Waals surface area contributed by atoms with Gasteiger partial charge >= 0.3 is 0 Å². The third-order valence-electron chi connectivity index (χ3n) is 2.78. The van der Waals surface area contributed by atoms with Crippen LogP contribution in [0.1, 0.15) is 5.56 Å². The van der Waals surface area contributed by atoms with Crippen LogP contribution in [0.3, 0.4) is 0 Å². The van der Waals surface area contributed by atoms with E-state index in [-0.39, 0.29) is 0 Å². The van der Waals surface area contributed by atoms with Gasteiger partial charge in [0.1, 0.15) is 11.4 Å². The number of nitrogens with zero attached hydrogens (tertiary/aromatic N) is 5. The fourth-order valence-electron chi connectivity index (χ4n) is 1.85. The Hall–Kier alpha value is -3.13. The molecule has 0 spiro atoms. The molecular formula is C15H9N5. The van der Waals surface area contributed by atoms with E-state index < -0.39 is 0 Å². The maximum Gasteiger partial charge on any atom is 0.109 e. The number of hydrogen-bond acceptors (Lipinski definition) is 5. The summed E-state index contributed by atoms with van der Waals surface area (Å²) in [5.41, 5.74) is 3.25. The van der Waals surface area contributed by atoms with Crippen molar-refractivity contribution in [1.29, 1.82) is 5.26 Å². The fourth-order valence-corrected chi connectivity index (χ4v) is 1.85. The van der Waals surface area contributed by atoms with Crippen molar-refractivity contribution >= 4 is 0 Å². The monoisotopic (exact) mass is 259 g/mol. The maximum absolute atomic E-state index is 9.15. The van der Waals surface area contributed by atoms with Gasteiger partial charge in [-0.25, -0.2) is 4.98 Å². The van der Waals surface area contributed by atoms with E-state index in [1.165, 1.54) is 0 Å². The van der Waals surface area contributed by atoms with Crippen LogP contribution in [-0.4, -0.2) is 19.9 Å². The van der Waals surface area contributed by atoms with E-state index in [0.717, 1.165) is 5.56 Å². The van der Waals surface area contributed by atoms with Crippen molar-refractivity contribution in [3.8, 4) is 28.7 Å². The molecule has 2 heterocycles. The Balaban J connectivity index is 2.11. The van der Waals surface area contributed by atoms with Crippen LogP contribution in [0.15, 0.2) is 55.2 Å². The molecule has 0 saturated carbocycles. The Morgan fingerprint density at radius 1 is 0.850 bits per heavy atom. The van der Waals surface area contributed by atoms with Crippen molar-refractivity contribution in [3.05, 3.63) is 60.8 Å². The predicted molar refractivity (Wildman–Crippen MR) is 73.2 cm³/mol. The molecule has 0 aliphatic rings. The zero-order valence-electron chi connectivity index (χ0n) is 10.4. The van der Waals surface area contributed by atoms with Crippen LogP contribution in [0.2, 0.25) is 0 Å². The van der Waals surface area contributed by atoms with Gasteiger partial charge in [-0.1, -0.05) is 18.2 Å². The molecule has 0 aliphatic carbocycles. The van der Waals surface area contributed by atoms with Crippen LogP contribution in [0, 0.1) is 11.3 Å². The van der Waals surface area contributed by atoms with Crippen LogP contribution in [0.25, 0.3) is 22.6 Å². The van der Waals surface area contributed by atoms with Crippen molar-refractivity contribution in [3.63, 3.8) is 0 Å². The summed E-state index contributed by atoms with van der Waals surface area (Å²) in [6.07, 6.45) is 8.10. The summed E-state index contributed by atoms with van der Waals surface area (Å²) in [4.78, 5) is 16.9. The van der Waals surface area contributed by atoms with Crippen LogP contribution in [0.5, 0.6) is 0 Å². The molecule has 0 radical (unpaired) electrons. The standard InChI is InChI=1S/C15H9N5/c16-7-11-3-1-2-4-12(11)13-8-18-10-15(20-13)14-9-17-5-6-19-14/h1-6,8-10H. The molecule has 2 aromatic heterocycles. The highest BCUT2D eigenvalue weighted by Gasteiger charge is 2.08. The van der Waals surface area contributed by atoms with Gasteiger partial charge in [-0.2, -0.15) is 5.26 Å². The van der Waals surface area contributed by atoms with Crippen molar-refractivity contribution in [2.45, 2.75) is 0 Å². The fraction of sp³-hybridized carbons (Fsp3) is 0. The van der Waals surface area contributed by atoms with Crippen molar-refractivity contribution in [2.24, 2.45) is 0 Å². The number of rotatable bonds is 2. The van der Waals surface area contributed by atoms with Gasteiger partial charge < -0.3 is 0 Å². The smallest absolute Gasteiger partial charge is 0.109 e. The summed E-state index contributed by atoms with van der Waals surface area (Å²) in [5, 5.41) is 9.15. The van der Waals surface area contributed by atoms with Crippen LogP contribution >= 0.6 is 0 Å². The Kier molecular flexibility index (Phi) is 3.13. The quantitative estimate of drug-likeness (QED) is 0.706. The molecule has 0 saturated heterocycles. The molecule has 0 N–H and O–H groups in total. The van der Waals surface area contributed by atoms with Crippen LogP contribution in [0.4, 0.5) is 0 Å². The summed E-state index contributed by atoms with van der Waals surface area (Å²) in [7, 11) is 0. The first-order chi connectivity index (χ1) is 9.88. The summed E-state index contributed by atoms with van der Waals surface area (Å²) in [5.74, 6) is 0. The van der Waals surface area contributed by atoms with Crippen LogP contribution in [-0.2, 0) is 0 Å². The van der Waals surface area contributed by atoms with Crippen molar-refractivity contribution in [1.82, 2.24) is 19.9 Å². The zero-order valence-corrected chi connectivity index (χ0v) is 10.4. The number of benzene rings is 1. The molecule has 20 heavy (non-hydrogen) atoms. The molecule has 0 amide bonds. The molecule has 0 bridgehead atoms. The lowest BCUT2D eigenvalue weighted by atomic mass is 10.1. The van der Waals surface area contributed by atoms with Gasteiger partial charge in [0.05, 0.1) is 35.9 Å². The summed E-state index contributed by atoms with van der Waals surface area (Å²) < 4.78 is 0.